The standard InChI is InChI=1S/C122H82N4/c1-5-35-83(36-6-1)85-69-75-94(76-70-85)123(117-67-33-59-109-119(117)101-51-15-19-53-103(101)121(109)105-55-21-27-63-113(105)125(93-45-11-4-12-46-93)114-64-28-22-56-106(114)121)111-61-25-17-48-98(111)92-44-32-43-91(82-92)90-42-31-41-89(81-90)87-73-79-96(80-74-87)126-115-65-29-23-57-107(115)122(108-58-24-30-66-116(108)126)104-54-20-16-52-102(104)120-110(122)60-34-68-118(120)124(95-77-71-86(72-78-95)84-37-7-2-8-38-84)112-62-26-18-50-100(112)99-49-14-13-47-97(99)88-39-9-3-10-40-88/h1-82H. The summed E-state index contributed by atoms with van der Waals surface area (Å²) in [6, 6.07) is 185. The molecule has 0 N–H and O–H groups in total. The van der Waals surface area contributed by atoms with Gasteiger partial charge in [-0.25, -0.2) is 0 Å². The smallest absolute Gasteiger partial charge is 0.0755 e. The molecule has 4 nitrogen and oxygen atoms in total. The molecule has 24 rings (SSSR count). The van der Waals surface area contributed by atoms with Gasteiger partial charge in [-0.3, -0.25) is 0 Å². The highest BCUT2D eigenvalue weighted by atomic mass is 15.2. The Morgan fingerprint density at radius 1 is 0.151 bits per heavy atom. The molecule has 126 heavy (non-hydrogen) atoms. The van der Waals surface area contributed by atoms with Gasteiger partial charge in [0.25, 0.3) is 0 Å². The minimum absolute atomic E-state index is 0.648. The minimum Gasteiger partial charge on any atom is -0.310 e. The van der Waals surface area contributed by atoms with E-state index in [1.54, 1.807) is 0 Å². The Kier molecular flexibility index (Phi) is 17.7. The van der Waals surface area contributed by atoms with E-state index in [2.05, 4.69) is 517 Å². The van der Waals surface area contributed by atoms with Crippen LogP contribution >= 0.6 is 0 Å². The van der Waals surface area contributed by atoms with Gasteiger partial charge in [-0.2, -0.15) is 0 Å². The van der Waals surface area contributed by atoms with Crippen LogP contribution in [-0.2, 0) is 10.8 Å². The van der Waals surface area contributed by atoms with Crippen molar-refractivity contribution in [3.63, 3.8) is 0 Å². The highest BCUT2D eigenvalue weighted by Crippen LogP contribution is 2.68. The molecule has 0 saturated heterocycles. The van der Waals surface area contributed by atoms with E-state index in [9.17, 15) is 0 Å². The number of hydrogen-bond acceptors (Lipinski definition) is 4. The van der Waals surface area contributed by atoms with Crippen LogP contribution in [-0.4, -0.2) is 0 Å². The summed E-state index contributed by atoms with van der Waals surface area (Å²) in [6.07, 6.45) is 0. The van der Waals surface area contributed by atoms with Crippen molar-refractivity contribution in [3.8, 4) is 100 Å². The highest BCUT2D eigenvalue weighted by Gasteiger charge is 2.55. The number of benzene rings is 20. The first kappa shape index (κ1) is 73.5. The first-order chi connectivity index (χ1) is 62.6. The SMILES string of the molecule is c1ccc(-c2ccc(N(c3ccccc3-c3cccc(-c4cccc(-c5ccc(N6c7ccccc7C7(c8ccccc8-c8c(N(c9ccc(-c%10ccccc%10)cc9)c9ccccc9-c9ccccc9-c9ccccc9)cccc87)c7ccccc76)cc5)c4)c3)c3cccc4c3-c3ccccc3C43c4ccccc4N(c4ccccc4)c4ccccc43)cc2)cc1. The lowest BCUT2D eigenvalue weighted by atomic mass is 9.64. The van der Waals surface area contributed by atoms with E-state index in [1.165, 1.54) is 112 Å². The van der Waals surface area contributed by atoms with Gasteiger partial charge < -0.3 is 19.6 Å². The van der Waals surface area contributed by atoms with Crippen molar-refractivity contribution in [1.29, 1.82) is 0 Å². The normalized spacial score (nSPS) is 13.0. The van der Waals surface area contributed by atoms with Gasteiger partial charge >= 0.3 is 0 Å². The number of fused-ring (bicyclic) bond motifs is 18. The van der Waals surface area contributed by atoms with Crippen LogP contribution in [0.15, 0.2) is 497 Å². The minimum atomic E-state index is -0.704. The Labute approximate surface area is 735 Å². The number of rotatable bonds is 15. The third kappa shape index (κ3) is 11.6. The molecule has 590 valence electrons. The van der Waals surface area contributed by atoms with Crippen molar-refractivity contribution < 1.29 is 0 Å². The summed E-state index contributed by atoms with van der Waals surface area (Å²) in [4.78, 5) is 10.0. The van der Waals surface area contributed by atoms with Gasteiger partial charge in [0.15, 0.2) is 0 Å². The Morgan fingerprint density at radius 2 is 0.421 bits per heavy atom. The number of hydrogen-bond donors (Lipinski definition) is 0. The van der Waals surface area contributed by atoms with Crippen molar-refractivity contribution >= 4 is 68.2 Å². The lowest BCUT2D eigenvalue weighted by molar-refractivity contribution is 0.752. The summed E-state index contributed by atoms with van der Waals surface area (Å²) in [5.74, 6) is 0. The molecular weight excluding hydrogens is 1520 g/mol. The molecule has 0 atom stereocenters. The second-order valence-electron chi connectivity index (χ2n) is 33.2. The fraction of sp³-hybridized carbons (Fsp3) is 0.0164. The molecule has 20 aromatic rings. The average molecular weight is 1600 g/mol. The van der Waals surface area contributed by atoms with Crippen LogP contribution in [0.5, 0.6) is 0 Å². The third-order valence-electron chi connectivity index (χ3n) is 26.7. The first-order valence-corrected chi connectivity index (χ1v) is 43.6. The molecule has 2 aliphatic carbocycles. The summed E-state index contributed by atoms with van der Waals surface area (Å²) in [7, 11) is 0. The monoisotopic (exact) mass is 1600 g/mol. The molecule has 20 aromatic carbocycles. The van der Waals surface area contributed by atoms with E-state index >= 15 is 0 Å². The van der Waals surface area contributed by atoms with Gasteiger partial charge in [0.05, 0.1) is 56.3 Å². The Balaban J connectivity index is 0.596. The maximum Gasteiger partial charge on any atom is 0.0755 e. The fourth-order valence-electron chi connectivity index (χ4n) is 21.4. The lowest BCUT2D eigenvalue weighted by Crippen LogP contribution is -2.36. The number of nitrogens with zero attached hydrogens (tertiary/aromatic N) is 4. The van der Waals surface area contributed by atoms with E-state index in [4.69, 9.17) is 0 Å². The Morgan fingerprint density at radius 3 is 0.873 bits per heavy atom. The second kappa shape index (κ2) is 30.3. The van der Waals surface area contributed by atoms with Gasteiger partial charge in [0.2, 0.25) is 0 Å². The quantitative estimate of drug-likeness (QED) is 0.101. The van der Waals surface area contributed by atoms with Crippen molar-refractivity contribution in [2.45, 2.75) is 10.8 Å². The molecule has 2 heterocycles. The summed E-state index contributed by atoms with van der Waals surface area (Å²) >= 11 is 0. The zero-order valence-corrected chi connectivity index (χ0v) is 69.1. The van der Waals surface area contributed by atoms with Gasteiger partial charge in [0, 0.05) is 45.0 Å². The molecule has 0 fully saturated rings. The topological polar surface area (TPSA) is 13.0 Å². The van der Waals surface area contributed by atoms with E-state index in [-0.39, 0.29) is 0 Å². The number of para-hydroxylation sites is 7. The van der Waals surface area contributed by atoms with Crippen LogP contribution < -0.4 is 19.6 Å². The van der Waals surface area contributed by atoms with Gasteiger partial charge in [-0.05, 0) is 232 Å². The summed E-state index contributed by atoms with van der Waals surface area (Å²) in [5.41, 5.74) is 42.9. The fourth-order valence-corrected chi connectivity index (χ4v) is 21.4. The largest absolute Gasteiger partial charge is 0.310 e. The molecule has 0 amide bonds. The molecule has 0 saturated carbocycles. The van der Waals surface area contributed by atoms with Crippen molar-refractivity contribution in [1.82, 2.24) is 0 Å². The van der Waals surface area contributed by atoms with Crippen LogP contribution in [0.4, 0.5) is 68.2 Å². The zero-order chi connectivity index (χ0) is 83.2. The molecular formula is C122H82N4. The average Bonchev–Trinajstić information content (AvgIpc) is 1.50. The van der Waals surface area contributed by atoms with Gasteiger partial charge in [-0.1, -0.05) is 388 Å². The van der Waals surface area contributed by atoms with Crippen LogP contribution in [0.25, 0.3) is 100 Å². The van der Waals surface area contributed by atoms with Crippen LogP contribution in [0.2, 0.25) is 0 Å². The van der Waals surface area contributed by atoms with Crippen LogP contribution in [0, 0.1) is 0 Å². The summed E-state index contributed by atoms with van der Waals surface area (Å²) in [6.45, 7) is 0. The van der Waals surface area contributed by atoms with Crippen LogP contribution in [0.1, 0.15) is 44.5 Å². The molecule has 0 aromatic heterocycles. The molecule has 2 aliphatic heterocycles. The maximum absolute atomic E-state index is 2.53. The third-order valence-corrected chi connectivity index (χ3v) is 26.7. The highest BCUT2D eigenvalue weighted by molar-refractivity contribution is 6.06. The molecule has 2 spiro atoms. The molecule has 4 heteroatoms. The van der Waals surface area contributed by atoms with Crippen molar-refractivity contribution in [2.24, 2.45) is 0 Å². The summed E-state index contributed by atoms with van der Waals surface area (Å²) < 4.78 is 0. The van der Waals surface area contributed by atoms with Crippen molar-refractivity contribution in [3.05, 3.63) is 542 Å². The predicted molar refractivity (Wildman–Crippen MR) is 525 cm³/mol. The number of anilines is 12. The Bertz CT molecular complexity index is 7490. The van der Waals surface area contributed by atoms with E-state index in [0.717, 1.165) is 101 Å². The molecule has 0 radical (unpaired) electrons. The Hall–Kier alpha value is -16.4. The van der Waals surface area contributed by atoms with E-state index in [0.29, 0.717) is 0 Å². The summed E-state index contributed by atoms with van der Waals surface area (Å²) in [5, 5.41) is 0. The predicted octanol–water partition coefficient (Wildman–Crippen LogP) is 32.6. The van der Waals surface area contributed by atoms with E-state index in [1.807, 2.05) is 0 Å². The second-order valence-corrected chi connectivity index (χ2v) is 33.2. The van der Waals surface area contributed by atoms with Crippen molar-refractivity contribution in [2.75, 3.05) is 19.6 Å². The maximum atomic E-state index is 2.53. The van der Waals surface area contributed by atoms with Gasteiger partial charge in [0.1, 0.15) is 0 Å². The van der Waals surface area contributed by atoms with Gasteiger partial charge in [-0.15, -0.1) is 0 Å². The first-order valence-electron chi connectivity index (χ1n) is 43.6. The zero-order valence-electron chi connectivity index (χ0n) is 69.1. The molecule has 4 aliphatic rings. The van der Waals surface area contributed by atoms with E-state index < -0.39 is 10.8 Å². The van der Waals surface area contributed by atoms with Crippen LogP contribution in [0.3, 0.4) is 0 Å². The molecule has 0 unspecified atom stereocenters. The molecule has 0 bridgehead atoms. The lowest BCUT2D eigenvalue weighted by Gasteiger charge is -2.45.